The molecule has 1 atom stereocenters. The van der Waals surface area contributed by atoms with Crippen molar-refractivity contribution >= 4 is 29.3 Å². The number of nitrogens with two attached hydrogens (primary N) is 1. The predicted molar refractivity (Wildman–Crippen MR) is 69.1 cm³/mol. The van der Waals surface area contributed by atoms with Gasteiger partial charge in [-0.05, 0) is 13.0 Å². The van der Waals surface area contributed by atoms with Gasteiger partial charge in [-0.15, -0.1) is 12.4 Å². The number of para-hydroxylation sites is 1. The molecule has 0 bridgehead atoms. The Balaban J connectivity index is 0.00000144. The van der Waals surface area contributed by atoms with E-state index < -0.39 is 12.0 Å². The largest absolute Gasteiger partial charge is 0.465 e. The first kappa shape index (κ1) is 13.5. The van der Waals surface area contributed by atoms with Gasteiger partial charge in [-0.1, -0.05) is 18.2 Å². The number of halogens is 1. The van der Waals surface area contributed by atoms with Crippen LogP contribution in [0.3, 0.4) is 0 Å². The third-order valence-corrected chi connectivity index (χ3v) is 2.50. The van der Waals surface area contributed by atoms with Crippen LogP contribution in [0.25, 0.3) is 10.9 Å². The van der Waals surface area contributed by atoms with Crippen LogP contribution in [0.15, 0.2) is 30.5 Å². The maximum Gasteiger partial charge on any atom is 0.327 e. The molecule has 2 aromatic rings. The van der Waals surface area contributed by atoms with Gasteiger partial charge in [-0.25, -0.2) is 4.79 Å². The van der Waals surface area contributed by atoms with Crippen LogP contribution in [-0.2, 0) is 9.53 Å². The van der Waals surface area contributed by atoms with Gasteiger partial charge in [0.15, 0.2) is 0 Å². The molecule has 0 fully saturated rings. The highest BCUT2D eigenvalue weighted by Gasteiger charge is 2.19. The monoisotopic (exact) mass is 254 g/mol. The second-order valence-electron chi connectivity index (χ2n) is 3.52. The van der Waals surface area contributed by atoms with E-state index in [9.17, 15) is 4.79 Å². The number of carbonyl (C=O) groups excluding carboxylic acids is 1. The molecule has 1 aromatic heterocycles. The zero-order chi connectivity index (χ0) is 11.5. The second kappa shape index (κ2) is 5.70. The lowest BCUT2D eigenvalue weighted by molar-refractivity contribution is -0.144. The summed E-state index contributed by atoms with van der Waals surface area (Å²) < 4.78 is 4.90. The van der Waals surface area contributed by atoms with Gasteiger partial charge in [-0.2, -0.15) is 0 Å². The summed E-state index contributed by atoms with van der Waals surface area (Å²) in [6.45, 7) is 2.11. The Kier molecular flexibility index (Phi) is 4.54. The molecule has 4 nitrogen and oxygen atoms in total. The number of ether oxygens (including phenoxy) is 1. The Bertz CT molecular complexity index is 510. The lowest BCUT2D eigenvalue weighted by Gasteiger charge is -2.09. The number of aromatic amines is 1. The van der Waals surface area contributed by atoms with Crippen LogP contribution in [0.1, 0.15) is 18.5 Å². The lowest BCUT2D eigenvalue weighted by Crippen LogP contribution is -2.23. The predicted octanol–water partition coefficient (Wildman–Crippen LogP) is 2.15. The SMILES string of the molecule is CCOC(=O)C(N)c1c[nH]c2ccccc12.Cl. The Labute approximate surface area is 106 Å². The lowest BCUT2D eigenvalue weighted by atomic mass is 10.1. The average Bonchev–Trinajstić information content (AvgIpc) is 2.72. The summed E-state index contributed by atoms with van der Waals surface area (Å²) in [7, 11) is 0. The molecule has 5 heteroatoms. The molecule has 0 amide bonds. The van der Waals surface area contributed by atoms with Gasteiger partial charge in [0.25, 0.3) is 0 Å². The number of fused-ring (bicyclic) bond motifs is 1. The minimum atomic E-state index is -0.726. The van der Waals surface area contributed by atoms with Crippen molar-refractivity contribution in [1.29, 1.82) is 0 Å². The van der Waals surface area contributed by atoms with Crippen LogP contribution in [0, 0.1) is 0 Å². The van der Waals surface area contributed by atoms with Gasteiger partial charge in [0.05, 0.1) is 6.61 Å². The van der Waals surface area contributed by atoms with Crippen LogP contribution in [0.4, 0.5) is 0 Å². The summed E-state index contributed by atoms with van der Waals surface area (Å²) >= 11 is 0. The molecule has 0 aliphatic heterocycles. The highest BCUT2D eigenvalue weighted by molar-refractivity contribution is 5.89. The van der Waals surface area contributed by atoms with E-state index in [-0.39, 0.29) is 12.4 Å². The smallest absolute Gasteiger partial charge is 0.327 e. The summed E-state index contributed by atoms with van der Waals surface area (Å²) in [6.07, 6.45) is 1.76. The van der Waals surface area contributed by atoms with E-state index in [1.165, 1.54) is 0 Å². The zero-order valence-electron chi connectivity index (χ0n) is 9.47. The van der Waals surface area contributed by atoms with Crippen LogP contribution >= 0.6 is 12.4 Å². The van der Waals surface area contributed by atoms with Gasteiger partial charge in [-0.3, -0.25) is 0 Å². The Morgan fingerprint density at radius 1 is 1.47 bits per heavy atom. The van der Waals surface area contributed by atoms with E-state index in [0.717, 1.165) is 16.5 Å². The van der Waals surface area contributed by atoms with Crippen molar-refractivity contribution in [3.05, 3.63) is 36.0 Å². The number of rotatable bonds is 3. The molecule has 17 heavy (non-hydrogen) atoms. The molecule has 3 N–H and O–H groups in total. The second-order valence-corrected chi connectivity index (χ2v) is 3.52. The first-order chi connectivity index (χ1) is 7.74. The van der Waals surface area contributed by atoms with E-state index in [1.807, 2.05) is 24.3 Å². The number of aromatic nitrogens is 1. The Morgan fingerprint density at radius 3 is 2.88 bits per heavy atom. The highest BCUT2D eigenvalue weighted by atomic mass is 35.5. The van der Waals surface area contributed by atoms with Gasteiger partial charge in [0, 0.05) is 22.7 Å². The van der Waals surface area contributed by atoms with Gasteiger partial charge in [0.1, 0.15) is 6.04 Å². The first-order valence-corrected chi connectivity index (χ1v) is 5.22. The topological polar surface area (TPSA) is 68.1 Å². The molecular formula is C12H15ClN2O2. The minimum absolute atomic E-state index is 0. The summed E-state index contributed by atoms with van der Waals surface area (Å²) in [5.74, 6) is -0.396. The van der Waals surface area contributed by atoms with E-state index in [0.29, 0.717) is 6.61 Å². The fraction of sp³-hybridized carbons (Fsp3) is 0.250. The maximum atomic E-state index is 11.5. The molecule has 0 spiro atoms. The van der Waals surface area contributed by atoms with Crippen molar-refractivity contribution in [1.82, 2.24) is 4.98 Å². The van der Waals surface area contributed by atoms with Crippen LogP contribution in [0.5, 0.6) is 0 Å². The van der Waals surface area contributed by atoms with Gasteiger partial charge >= 0.3 is 5.97 Å². The van der Waals surface area contributed by atoms with Crippen molar-refractivity contribution in [3.63, 3.8) is 0 Å². The van der Waals surface area contributed by atoms with Crippen molar-refractivity contribution in [2.45, 2.75) is 13.0 Å². The fourth-order valence-corrected chi connectivity index (χ4v) is 1.71. The molecule has 0 radical (unpaired) electrons. The zero-order valence-corrected chi connectivity index (χ0v) is 10.3. The Hall–Kier alpha value is -1.52. The van der Waals surface area contributed by atoms with E-state index >= 15 is 0 Å². The number of benzene rings is 1. The van der Waals surface area contributed by atoms with Crippen molar-refractivity contribution in [2.75, 3.05) is 6.61 Å². The highest BCUT2D eigenvalue weighted by Crippen LogP contribution is 2.23. The van der Waals surface area contributed by atoms with E-state index in [1.54, 1.807) is 13.1 Å². The molecule has 1 heterocycles. The normalized spacial score (nSPS) is 11.9. The molecule has 2 rings (SSSR count). The van der Waals surface area contributed by atoms with Crippen LogP contribution in [0.2, 0.25) is 0 Å². The van der Waals surface area contributed by atoms with E-state index in [4.69, 9.17) is 10.5 Å². The molecule has 0 aliphatic carbocycles. The average molecular weight is 255 g/mol. The molecule has 0 saturated heterocycles. The molecule has 1 unspecified atom stereocenters. The van der Waals surface area contributed by atoms with Crippen molar-refractivity contribution < 1.29 is 9.53 Å². The quantitative estimate of drug-likeness (QED) is 0.825. The van der Waals surface area contributed by atoms with Gasteiger partial charge in [0.2, 0.25) is 0 Å². The molecular weight excluding hydrogens is 240 g/mol. The molecule has 92 valence electrons. The number of esters is 1. The summed E-state index contributed by atoms with van der Waals surface area (Å²) in [4.78, 5) is 14.6. The maximum absolute atomic E-state index is 11.5. The number of hydrogen-bond acceptors (Lipinski definition) is 3. The number of H-pyrrole nitrogens is 1. The standard InChI is InChI=1S/C12H14N2O2.ClH/c1-2-16-12(15)11(13)9-7-14-10-6-4-3-5-8(9)10;/h3-7,11,14H,2,13H2,1H3;1H. The number of hydrogen-bond donors (Lipinski definition) is 2. The molecule has 0 aliphatic rings. The van der Waals surface area contributed by atoms with Crippen LogP contribution in [-0.4, -0.2) is 17.6 Å². The Morgan fingerprint density at radius 2 is 2.18 bits per heavy atom. The third-order valence-electron chi connectivity index (χ3n) is 2.50. The van der Waals surface area contributed by atoms with Crippen LogP contribution < -0.4 is 5.73 Å². The van der Waals surface area contributed by atoms with Gasteiger partial charge < -0.3 is 15.5 Å². The molecule has 0 saturated carbocycles. The summed E-state index contributed by atoms with van der Waals surface area (Å²) in [6, 6.07) is 6.99. The summed E-state index contributed by atoms with van der Waals surface area (Å²) in [5, 5.41) is 0.961. The van der Waals surface area contributed by atoms with Crippen molar-refractivity contribution in [3.8, 4) is 0 Å². The minimum Gasteiger partial charge on any atom is -0.465 e. The van der Waals surface area contributed by atoms with E-state index in [2.05, 4.69) is 4.98 Å². The fourth-order valence-electron chi connectivity index (χ4n) is 1.71. The molecule has 1 aromatic carbocycles. The summed E-state index contributed by atoms with van der Waals surface area (Å²) in [5.41, 5.74) is 7.58. The number of carbonyl (C=O) groups is 1. The van der Waals surface area contributed by atoms with Crippen molar-refractivity contribution in [2.24, 2.45) is 5.73 Å². The third kappa shape index (κ3) is 2.60. The first-order valence-electron chi connectivity index (χ1n) is 5.22. The number of nitrogens with one attached hydrogen (secondary N) is 1.